The molecule has 1 N–H and O–H groups in total. The number of carbonyl (C=O) groups is 1. The van der Waals surface area contributed by atoms with Crippen molar-refractivity contribution in [3.63, 3.8) is 0 Å². The van der Waals surface area contributed by atoms with Crippen molar-refractivity contribution in [1.29, 1.82) is 0 Å². The predicted molar refractivity (Wildman–Crippen MR) is 57.4 cm³/mol. The molecule has 2 nitrogen and oxygen atoms in total. The third-order valence-corrected chi connectivity index (χ3v) is 1.81. The minimum absolute atomic E-state index is 0.00870. The summed E-state index contributed by atoms with van der Waals surface area (Å²) in [7, 11) is 1.62. The van der Waals surface area contributed by atoms with Crippen LogP contribution in [-0.2, 0) is 0 Å². The fourth-order valence-corrected chi connectivity index (χ4v) is 0.769. The molecule has 0 aliphatic carbocycles. The van der Waals surface area contributed by atoms with Crippen molar-refractivity contribution in [2.24, 2.45) is 0 Å². The van der Waals surface area contributed by atoms with Crippen molar-refractivity contribution < 1.29 is 4.79 Å². The minimum atomic E-state index is -0.00870. The lowest BCUT2D eigenvalue weighted by molar-refractivity contribution is 0.262. The van der Waals surface area contributed by atoms with Crippen LogP contribution in [0.2, 0.25) is 0 Å². The first-order valence-corrected chi connectivity index (χ1v) is 4.96. The summed E-state index contributed by atoms with van der Waals surface area (Å²) in [6.07, 6.45) is 3.15. The van der Waals surface area contributed by atoms with Crippen molar-refractivity contribution in [2.45, 2.75) is 34.1 Å². The molecular weight excluding hydrogens is 170 g/mol. The molecule has 3 heteroatoms. The van der Waals surface area contributed by atoms with E-state index in [9.17, 15) is 4.79 Å². The molecule has 0 heterocycles. The third-order valence-electron chi connectivity index (χ3n) is 0.864. The average molecular weight is 189 g/mol. The molecular formula is C9H19NOS. The number of thioether (sulfide) groups is 1. The minimum Gasteiger partial charge on any atom is -0.350 e. The molecule has 0 bridgehead atoms. The predicted octanol–water partition coefficient (Wildman–Crippen LogP) is 3.40. The zero-order chi connectivity index (χ0) is 9.98. The van der Waals surface area contributed by atoms with Gasteiger partial charge in [0.1, 0.15) is 0 Å². The molecule has 0 saturated carbocycles. The Balaban J connectivity index is 0. The number of amides is 1. The number of allylic oxidation sites excluding steroid dienone is 2. The molecule has 0 saturated heterocycles. The second kappa shape index (κ2) is 10.6. The Bertz CT molecular complexity index is 143. The Morgan fingerprint density at radius 3 is 2.17 bits per heavy atom. The summed E-state index contributed by atoms with van der Waals surface area (Å²) in [6, 6.07) is 0. The summed E-state index contributed by atoms with van der Waals surface area (Å²) in [5, 5.41) is 2.50. The van der Waals surface area contributed by atoms with Crippen LogP contribution in [-0.4, -0.2) is 12.3 Å². The number of rotatable bonds is 1. The summed E-state index contributed by atoms with van der Waals surface area (Å²) >= 11 is 1.21. The van der Waals surface area contributed by atoms with Crippen molar-refractivity contribution in [1.82, 2.24) is 5.32 Å². The zero-order valence-electron chi connectivity index (χ0n) is 8.60. The first-order chi connectivity index (χ1) is 5.62. The van der Waals surface area contributed by atoms with Crippen LogP contribution in [0.15, 0.2) is 11.0 Å². The molecule has 1 amide bonds. The molecule has 0 aromatic rings. The molecule has 12 heavy (non-hydrogen) atoms. The summed E-state index contributed by atoms with van der Waals surface area (Å²) in [6.45, 7) is 8.06. The van der Waals surface area contributed by atoms with Gasteiger partial charge in [-0.25, -0.2) is 0 Å². The van der Waals surface area contributed by atoms with Crippen LogP contribution in [0.4, 0.5) is 4.79 Å². The smallest absolute Gasteiger partial charge is 0.283 e. The van der Waals surface area contributed by atoms with E-state index in [0.717, 1.165) is 4.91 Å². The van der Waals surface area contributed by atoms with E-state index in [2.05, 4.69) is 19.2 Å². The molecule has 0 atom stereocenters. The standard InChI is InChI=1S/C6H11NOS.C3H8/c1-4-5(2)9-6(8)7-3;1-3-2/h4H,1-3H3,(H,7,8);3H2,1-2H3. The van der Waals surface area contributed by atoms with Gasteiger partial charge >= 0.3 is 0 Å². The maximum atomic E-state index is 10.6. The van der Waals surface area contributed by atoms with E-state index >= 15 is 0 Å². The topological polar surface area (TPSA) is 29.1 Å². The lowest BCUT2D eigenvalue weighted by Crippen LogP contribution is -2.10. The van der Waals surface area contributed by atoms with Crippen LogP contribution in [0.1, 0.15) is 34.1 Å². The normalized spacial score (nSPS) is 9.92. The van der Waals surface area contributed by atoms with E-state index in [-0.39, 0.29) is 5.24 Å². The molecule has 0 radical (unpaired) electrons. The molecule has 0 aromatic heterocycles. The summed E-state index contributed by atoms with van der Waals surface area (Å²) in [4.78, 5) is 11.6. The molecule has 0 aromatic carbocycles. The molecule has 0 aliphatic rings. The van der Waals surface area contributed by atoms with Crippen molar-refractivity contribution in [3.05, 3.63) is 11.0 Å². The van der Waals surface area contributed by atoms with Crippen LogP contribution >= 0.6 is 11.8 Å². The SMILES string of the molecule is CC=C(C)SC(=O)NC.CCC. The van der Waals surface area contributed by atoms with E-state index in [4.69, 9.17) is 0 Å². The first-order valence-electron chi connectivity index (χ1n) is 4.14. The molecule has 0 unspecified atom stereocenters. The number of carbonyl (C=O) groups excluding carboxylic acids is 1. The molecule has 0 aliphatic heterocycles. The average Bonchev–Trinajstić information content (AvgIpc) is 2.05. The van der Waals surface area contributed by atoms with Gasteiger partial charge in [0, 0.05) is 7.05 Å². The monoisotopic (exact) mass is 189 g/mol. The highest BCUT2D eigenvalue weighted by Gasteiger charge is 1.96. The van der Waals surface area contributed by atoms with Gasteiger partial charge in [0.2, 0.25) is 0 Å². The van der Waals surface area contributed by atoms with Crippen LogP contribution in [0.25, 0.3) is 0 Å². The summed E-state index contributed by atoms with van der Waals surface area (Å²) in [5.41, 5.74) is 0. The van der Waals surface area contributed by atoms with Crippen molar-refractivity contribution in [2.75, 3.05) is 7.05 Å². The highest BCUT2D eigenvalue weighted by atomic mass is 32.2. The lowest BCUT2D eigenvalue weighted by atomic mass is 10.6. The maximum Gasteiger partial charge on any atom is 0.283 e. The Kier molecular flexibility index (Phi) is 12.4. The molecule has 0 rings (SSSR count). The zero-order valence-corrected chi connectivity index (χ0v) is 9.42. The Morgan fingerprint density at radius 1 is 1.50 bits per heavy atom. The number of nitrogens with one attached hydrogen (secondary N) is 1. The van der Waals surface area contributed by atoms with E-state index in [1.807, 2.05) is 19.9 Å². The van der Waals surface area contributed by atoms with Gasteiger partial charge in [0.05, 0.1) is 0 Å². The van der Waals surface area contributed by atoms with E-state index < -0.39 is 0 Å². The van der Waals surface area contributed by atoms with Gasteiger partial charge in [-0.2, -0.15) is 0 Å². The molecule has 0 spiro atoms. The quantitative estimate of drug-likeness (QED) is 0.685. The highest BCUT2D eigenvalue weighted by molar-refractivity contribution is 8.16. The van der Waals surface area contributed by atoms with E-state index in [0.29, 0.717) is 0 Å². The van der Waals surface area contributed by atoms with Gasteiger partial charge in [-0.15, -0.1) is 0 Å². The van der Waals surface area contributed by atoms with Crippen LogP contribution in [0.3, 0.4) is 0 Å². The third kappa shape index (κ3) is 12.3. The summed E-state index contributed by atoms with van der Waals surface area (Å²) in [5.74, 6) is 0. The van der Waals surface area contributed by atoms with Gasteiger partial charge in [0.25, 0.3) is 5.24 Å². The van der Waals surface area contributed by atoms with Crippen LogP contribution in [0.5, 0.6) is 0 Å². The molecule has 0 fully saturated rings. The second-order valence-corrected chi connectivity index (χ2v) is 3.46. The molecule has 72 valence electrons. The highest BCUT2D eigenvalue weighted by Crippen LogP contribution is 2.13. The van der Waals surface area contributed by atoms with Crippen LogP contribution < -0.4 is 5.32 Å². The Hall–Kier alpha value is -0.440. The summed E-state index contributed by atoms with van der Waals surface area (Å²) < 4.78 is 0. The maximum absolute atomic E-state index is 10.6. The number of hydrogen-bond donors (Lipinski definition) is 1. The van der Waals surface area contributed by atoms with Gasteiger partial charge in [-0.05, 0) is 30.5 Å². The van der Waals surface area contributed by atoms with Crippen molar-refractivity contribution >= 4 is 17.0 Å². The fourth-order valence-electron chi connectivity index (χ4n) is 0.256. The largest absolute Gasteiger partial charge is 0.350 e. The van der Waals surface area contributed by atoms with E-state index in [1.54, 1.807) is 7.05 Å². The van der Waals surface area contributed by atoms with Gasteiger partial charge < -0.3 is 5.32 Å². The lowest BCUT2D eigenvalue weighted by Gasteiger charge is -1.95. The fraction of sp³-hybridized carbons (Fsp3) is 0.667. The van der Waals surface area contributed by atoms with Crippen molar-refractivity contribution in [3.8, 4) is 0 Å². The van der Waals surface area contributed by atoms with Gasteiger partial charge in [-0.1, -0.05) is 26.3 Å². The van der Waals surface area contributed by atoms with E-state index in [1.165, 1.54) is 18.2 Å². The second-order valence-electron chi connectivity index (χ2n) is 2.25. The van der Waals surface area contributed by atoms with Gasteiger partial charge in [-0.3, -0.25) is 4.79 Å². The number of hydrogen-bond acceptors (Lipinski definition) is 2. The van der Waals surface area contributed by atoms with Gasteiger partial charge in [0.15, 0.2) is 0 Å². The first kappa shape index (κ1) is 14.1. The Labute approximate surface area is 79.8 Å². The Morgan fingerprint density at radius 2 is 1.92 bits per heavy atom. The van der Waals surface area contributed by atoms with Crippen LogP contribution in [0, 0.1) is 0 Å².